The van der Waals surface area contributed by atoms with Crippen LogP contribution < -0.4 is 0 Å². The van der Waals surface area contributed by atoms with E-state index >= 15 is 0 Å². The minimum Gasteiger partial charge on any atom is -0.463 e. The molecule has 1 aromatic rings. The van der Waals surface area contributed by atoms with Crippen LogP contribution in [-0.2, 0) is 9.53 Å². The highest BCUT2D eigenvalue weighted by molar-refractivity contribution is 5.90. The van der Waals surface area contributed by atoms with E-state index in [0.717, 1.165) is 6.29 Å². The molecule has 3 heteroatoms. The van der Waals surface area contributed by atoms with Gasteiger partial charge in [0.15, 0.2) is 6.29 Å². The fourth-order valence-corrected chi connectivity index (χ4v) is 1.12. The second-order valence-corrected chi connectivity index (χ2v) is 2.83. The molecule has 0 fully saturated rings. The van der Waals surface area contributed by atoms with Crippen molar-refractivity contribution in [3.05, 3.63) is 41.5 Å². The Morgan fingerprint density at radius 3 is 2.60 bits per heavy atom. The molecule has 0 aromatic heterocycles. The Labute approximate surface area is 88.4 Å². The van der Waals surface area contributed by atoms with Crippen LogP contribution in [-0.4, -0.2) is 18.9 Å². The number of aldehydes is 1. The Hall–Kier alpha value is -1.90. The molecule has 0 aliphatic carbocycles. The summed E-state index contributed by atoms with van der Waals surface area (Å²) < 4.78 is 4.72. The van der Waals surface area contributed by atoms with Gasteiger partial charge in [0, 0.05) is 11.6 Å². The summed E-state index contributed by atoms with van der Waals surface area (Å²) in [5.41, 5.74) is 1.26. The number of rotatable bonds is 4. The third kappa shape index (κ3) is 3.38. The Kier molecular flexibility index (Phi) is 4.29. The predicted octanol–water partition coefficient (Wildman–Crippen LogP) is 2.08. The Morgan fingerprint density at radius 2 is 2.00 bits per heavy atom. The molecule has 0 unspecified atom stereocenters. The first kappa shape index (κ1) is 11.2. The first-order chi connectivity index (χ1) is 7.27. The molecule has 0 radical (unpaired) electrons. The van der Waals surface area contributed by atoms with Crippen molar-refractivity contribution in [2.75, 3.05) is 6.61 Å². The van der Waals surface area contributed by atoms with Crippen LogP contribution in [0.4, 0.5) is 0 Å². The zero-order valence-corrected chi connectivity index (χ0v) is 8.47. The Morgan fingerprint density at radius 1 is 1.33 bits per heavy atom. The van der Waals surface area contributed by atoms with Crippen LogP contribution in [0.15, 0.2) is 30.3 Å². The standard InChI is InChI=1S/C12H12O3/c1-2-15-12(14)8-7-10-5-3-4-6-11(10)9-13/h3-9H,2H2,1H3/b8-7-. The summed E-state index contributed by atoms with van der Waals surface area (Å²) >= 11 is 0. The molecule has 15 heavy (non-hydrogen) atoms. The Balaban J connectivity index is 2.79. The first-order valence-corrected chi connectivity index (χ1v) is 4.67. The van der Waals surface area contributed by atoms with Gasteiger partial charge in [-0.2, -0.15) is 0 Å². The number of esters is 1. The van der Waals surface area contributed by atoms with Crippen LogP contribution in [0.5, 0.6) is 0 Å². The average Bonchev–Trinajstić information content (AvgIpc) is 2.27. The molecule has 78 valence electrons. The van der Waals surface area contributed by atoms with E-state index < -0.39 is 5.97 Å². The van der Waals surface area contributed by atoms with Crippen molar-refractivity contribution in [1.82, 2.24) is 0 Å². The summed E-state index contributed by atoms with van der Waals surface area (Å²) in [6.07, 6.45) is 3.64. The molecular weight excluding hydrogens is 192 g/mol. The lowest BCUT2D eigenvalue weighted by atomic mass is 10.1. The van der Waals surface area contributed by atoms with E-state index in [-0.39, 0.29) is 0 Å². The van der Waals surface area contributed by atoms with Crippen molar-refractivity contribution in [1.29, 1.82) is 0 Å². The van der Waals surface area contributed by atoms with Gasteiger partial charge < -0.3 is 4.74 Å². The largest absolute Gasteiger partial charge is 0.463 e. The summed E-state index contributed by atoms with van der Waals surface area (Å²) in [6, 6.07) is 7.03. The summed E-state index contributed by atoms with van der Waals surface area (Å²) in [6.45, 7) is 2.09. The van der Waals surface area contributed by atoms with Gasteiger partial charge in [0.05, 0.1) is 6.61 Å². The number of benzene rings is 1. The number of carbonyl (C=O) groups excluding carboxylic acids is 2. The minimum absolute atomic E-state index is 0.346. The van der Waals surface area contributed by atoms with Gasteiger partial charge in [0.25, 0.3) is 0 Å². The summed E-state index contributed by atoms with van der Waals surface area (Å²) in [5, 5.41) is 0. The molecule has 3 nitrogen and oxygen atoms in total. The molecule has 0 heterocycles. The van der Waals surface area contributed by atoms with Gasteiger partial charge in [0.1, 0.15) is 0 Å². The van der Waals surface area contributed by atoms with Gasteiger partial charge in [-0.1, -0.05) is 24.3 Å². The molecule has 1 aromatic carbocycles. The zero-order chi connectivity index (χ0) is 11.1. The van der Waals surface area contributed by atoms with E-state index in [1.807, 2.05) is 0 Å². The van der Waals surface area contributed by atoms with E-state index in [4.69, 9.17) is 4.74 Å². The molecule has 0 saturated heterocycles. The second-order valence-electron chi connectivity index (χ2n) is 2.83. The van der Waals surface area contributed by atoms with Gasteiger partial charge >= 0.3 is 5.97 Å². The van der Waals surface area contributed by atoms with Crippen LogP contribution in [0.3, 0.4) is 0 Å². The van der Waals surface area contributed by atoms with Gasteiger partial charge in [0.2, 0.25) is 0 Å². The molecule has 0 N–H and O–H groups in total. The molecule has 0 amide bonds. The maximum absolute atomic E-state index is 11.0. The van der Waals surface area contributed by atoms with Crippen molar-refractivity contribution in [2.45, 2.75) is 6.92 Å². The van der Waals surface area contributed by atoms with Crippen molar-refractivity contribution in [3.63, 3.8) is 0 Å². The number of hydrogen-bond donors (Lipinski definition) is 0. The van der Waals surface area contributed by atoms with Crippen LogP contribution in [0.25, 0.3) is 6.08 Å². The normalized spacial score (nSPS) is 10.2. The second kappa shape index (κ2) is 5.75. The smallest absolute Gasteiger partial charge is 0.330 e. The van der Waals surface area contributed by atoms with Crippen LogP contribution in [0.2, 0.25) is 0 Å². The number of ether oxygens (including phenoxy) is 1. The maximum Gasteiger partial charge on any atom is 0.330 e. The molecule has 0 aliphatic heterocycles. The van der Waals surface area contributed by atoms with E-state index in [1.165, 1.54) is 6.08 Å². The van der Waals surface area contributed by atoms with Gasteiger partial charge in [-0.15, -0.1) is 0 Å². The fourth-order valence-electron chi connectivity index (χ4n) is 1.12. The SMILES string of the molecule is CCOC(=O)/C=C\c1ccccc1C=O. The fraction of sp³-hybridized carbons (Fsp3) is 0.167. The van der Waals surface area contributed by atoms with E-state index in [1.54, 1.807) is 37.3 Å². The lowest BCUT2D eigenvalue weighted by Gasteiger charge is -1.97. The summed E-state index contributed by atoms with van der Waals surface area (Å²) in [7, 11) is 0. The summed E-state index contributed by atoms with van der Waals surface area (Å²) in [4.78, 5) is 21.7. The zero-order valence-electron chi connectivity index (χ0n) is 8.47. The highest BCUT2D eigenvalue weighted by atomic mass is 16.5. The topological polar surface area (TPSA) is 43.4 Å². The molecular formula is C12H12O3. The van der Waals surface area contributed by atoms with Crippen molar-refractivity contribution >= 4 is 18.3 Å². The molecule has 0 aliphatic rings. The number of hydrogen-bond acceptors (Lipinski definition) is 3. The van der Waals surface area contributed by atoms with Crippen LogP contribution in [0.1, 0.15) is 22.8 Å². The quantitative estimate of drug-likeness (QED) is 0.428. The lowest BCUT2D eigenvalue weighted by molar-refractivity contribution is -0.137. The van der Waals surface area contributed by atoms with Crippen molar-refractivity contribution in [3.8, 4) is 0 Å². The van der Waals surface area contributed by atoms with Crippen molar-refractivity contribution in [2.24, 2.45) is 0 Å². The van der Waals surface area contributed by atoms with E-state index in [9.17, 15) is 9.59 Å². The molecule has 0 atom stereocenters. The number of carbonyl (C=O) groups is 2. The molecule has 1 rings (SSSR count). The monoisotopic (exact) mass is 204 g/mol. The van der Waals surface area contributed by atoms with Crippen LogP contribution >= 0.6 is 0 Å². The highest BCUT2D eigenvalue weighted by Gasteiger charge is 1.98. The third-order valence-electron chi connectivity index (χ3n) is 1.81. The average molecular weight is 204 g/mol. The lowest BCUT2D eigenvalue weighted by Crippen LogP contribution is -1.98. The maximum atomic E-state index is 11.0. The molecule has 0 saturated carbocycles. The van der Waals surface area contributed by atoms with Gasteiger partial charge in [-0.05, 0) is 18.6 Å². The predicted molar refractivity (Wildman–Crippen MR) is 57.5 cm³/mol. The molecule has 0 spiro atoms. The van der Waals surface area contributed by atoms with Crippen LogP contribution in [0, 0.1) is 0 Å². The van der Waals surface area contributed by atoms with Gasteiger partial charge in [-0.3, -0.25) is 4.79 Å². The summed E-state index contributed by atoms with van der Waals surface area (Å²) in [5.74, 6) is -0.404. The first-order valence-electron chi connectivity index (χ1n) is 4.67. The van der Waals surface area contributed by atoms with E-state index in [0.29, 0.717) is 17.7 Å². The highest BCUT2D eigenvalue weighted by Crippen LogP contribution is 2.08. The minimum atomic E-state index is -0.404. The van der Waals surface area contributed by atoms with Crippen molar-refractivity contribution < 1.29 is 14.3 Å². The van der Waals surface area contributed by atoms with Gasteiger partial charge in [-0.25, -0.2) is 4.79 Å². The molecule has 0 bridgehead atoms. The van der Waals surface area contributed by atoms with E-state index in [2.05, 4.69) is 0 Å². The Bertz CT molecular complexity index is 380. The third-order valence-corrected chi connectivity index (χ3v) is 1.81.